The Kier molecular flexibility index (Phi) is 10.4. The third-order valence-electron chi connectivity index (χ3n) is 4.60. The molecule has 1 heterocycles. The Morgan fingerprint density at radius 2 is 1.89 bits per heavy atom. The number of hydrogen-bond donors (Lipinski definition) is 3. The molecule has 210 valence electrons. The Hall–Kier alpha value is -3.49. The van der Waals surface area contributed by atoms with Crippen LogP contribution in [0.15, 0.2) is 39.8 Å². The average molecular weight is 575 g/mol. The summed E-state index contributed by atoms with van der Waals surface area (Å²) in [7, 11) is -2.85. The van der Waals surface area contributed by atoms with E-state index >= 15 is 0 Å². The fraction of sp³-hybridized carbons (Fsp3) is 0.435. The molecule has 1 atom stereocenters. The molecule has 2 rings (SSSR count). The number of hydrogen-bond acceptors (Lipinski definition) is 10. The monoisotopic (exact) mass is 574 g/mol. The largest absolute Gasteiger partial charge is 0.467 e. The number of alkyl carbamates (subject to hydrolysis) is 1. The predicted molar refractivity (Wildman–Crippen MR) is 137 cm³/mol. The normalized spacial score (nSPS) is 12.3. The zero-order valence-electron chi connectivity index (χ0n) is 21.6. The molecule has 0 aliphatic heterocycles. The zero-order valence-corrected chi connectivity index (χ0v) is 23.1. The Bertz CT molecular complexity index is 1240. The molecular weight excluding hydrogens is 544 g/mol. The third kappa shape index (κ3) is 9.76. The molecule has 0 saturated carbocycles. The second kappa shape index (κ2) is 12.8. The van der Waals surface area contributed by atoms with Crippen molar-refractivity contribution in [1.29, 1.82) is 0 Å². The van der Waals surface area contributed by atoms with Crippen LogP contribution in [-0.2, 0) is 30.8 Å². The van der Waals surface area contributed by atoms with Crippen molar-refractivity contribution in [3.8, 4) is 0 Å². The van der Waals surface area contributed by atoms with Crippen LogP contribution in [0.2, 0.25) is 5.02 Å². The quantitative estimate of drug-likeness (QED) is 0.281. The number of nitrogens with one attached hydrogen (secondary N) is 2. The summed E-state index contributed by atoms with van der Waals surface area (Å²) in [4.78, 5) is 37.6. The number of halogens is 1. The lowest BCUT2D eigenvalue weighted by Gasteiger charge is -2.22. The maximum Gasteiger partial charge on any atom is 0.412 e. The number of furan rings is 1. The van der Waals surface area contributed by atoms with Crippen molar-refractivity contribution in [2.75, 3.05) is 25.5 Å². The predicted octanol–water partition coefficient (Wildman–Crippen LogP) is 3.29. The Morgan fingerprint density at radius 3 is 2.47 bits per heavy atom. The van der Waals surface area contributed by atoms with E-state index in [2.05, 4.69) is 10.6 Å². The zero-order chi connectivity index (χ0) is 28.7. The van der Waals surface area contributed by atoms with Gasteiger partial charge in [-0.15, -0.1) is 0 Å². The molecule has 0 aliphatic carbocycles. The Morgan fingerprint density at radius 1 is 1.21 bits per heavy atom. The minimum Gasteiger partial charge on any atom is -0.467 e. The number of carbonyl (C=O) groups is 3. The maximum absolute atomic E-state index is 12.9. The van der Waals surface area contributed by atoms with E-state index in [0.717, 1.165) is 11.0 Å². The lowest BCUT2D eigenvalue weighted by molar-refractivity contribution is -0.0677. The number of rotatable bonds is 10. The van der Waals surface area contributed by atoms with Crippen molar-refractivity contribution in [3.05, 3.63) is 46.9 Å². The minimum absolute atomic E-state index is 0.0779. The van der Waals surface area contributed by atoms with E-state index in [0.29, 0.717) is 5.76 Å². The van der Waals surface area contributed by atoms with Crippen molar-refractivity contribution in [3.63, 3.8) is 0 Å². The van der Waals surface area contributed by atoms with Gasteiger partial charge >= 0.3 is 18.2 Å². The number of likely N-dealkylation sites (N-methyl/N-ethyl adjacent to an activating group) is 1. The molecule has 0 saturated heterocycles. The van der Waals surface area contributed by atoms with Crippen LogP contribution in [0, 0.1) is 0 Å². The fourth-order valence-corrected chi connectivity index (χ4v) is 3.98. The molecule has 0 fully saturated rings. The fourth-order valence-electron chi connectivity index (χ4n) is 2.88. The molecule has 1 unspecified atom stereocenters. The van der Waals surface area contributed by atoms with E-state index in [1.165, 1.54) is 26.3 Å². The van der Waals surface area contributed by atoms with Crippen LogP contribution in [0.5, 0.6) is 0 Å². The van der Waals surface area contributed by atoms with Gasteiger partial charge in [-0.2, -0.15) is 0 Å². The molecule has 0 bridgehead atoms. The minimum atomic E-state index is -4.27. The number of ether oxygens (including phenoxy) is 3. The van der Waals surface area contributed by atoms with E-state index in [1.54, 1.807) is 32.9 Å². The van der Waals surface area contributed by atoms with Crippen LogP contribution in [-0.4, -0.2) is 63.5 Å². The lowest BCUT2D eigenvalue weighted by Crippen LogP contribution is -2.39. The number of nitrogens with zero attached hydrogens (tertiary/aromatic N) is 1. The Labute approximate surface area is 225 Å². The maximum atomic E-state index is 12.9. The average Bonchev–Trinajstić information content (AvgIpc) is 3.28. The molecule has 13 nitrogen and oxygen atoms in total. The van der Waals surface area contributed by atoms with Gasteiger partial charge in [-0.3, -0.25) is 0 Å². The number of carbonyl (C=O) groups excluding carboxylic acids is 3. The van der Waals surface area contributed by atoms with E-state index in [-0.39, 0.29) is 35.9 Å². The summed E-state index contributed by atoms with van der Waals surface area (Å²) >= 11 is 6.07. The van der Waals surface area contributed by atoms with Crippen molar-refractivity contribution in [1.82, 2.24) is 10.2 Å². The molecule has 1 aromatic heterocycles. The highest BCUT2D eigenvalue weighted by Crippen LogP contribution is 2.29. The van der Waals surface area contributed by atoms with Gasteiger partial charge in [-0.05, 0) is 45.0 Å². The van der Waals surface area contributed by atoms with Crippen LogP contribution < -0.4 is 15.8 Å². The number of nitrogens with two attached hydrogens (primary N) is 1. The highest BCUT2D eigenvalue weighted by Gasteiger charge is 2.25. The van der Waals surface area contributed by atoms with E-state index in [9.17, 15) is 22.8 Å². The van der Waals surface area contributed by atoms with Gasteiger partial charge in [0.05, 0.1) is 29.1 Å². The van der Waals surface area contributed by atoms with Crippen molar-refractivity contribution < 1.29 is 41.4 Å². The molecule has 2 amide bonds. The summed E-state index contributed by atoms with van der Waals surface area (Å²) in [5.41, 5.74) is -0.753. The summed E-state index contributed by atoms with van der Waals surface area (Å²) in [6.45, 7) is 6.76. The van der Waals surface area contributed by atoms with Crippen LogP contribution in [0.1, 0.15) is 43.8 Å². The second-order valence-corrected chi connectivity index (χ2v) is 11.0. The van der Waals surface area contributed by atoms with E-state index in [1.807, 2.05) is 0 Å². The van der Waals surface area contributed by atoms with Gasteiger partial charge in [-0.1, -0.05) is 11.6 Å². The van der Waals surface area contributed by atoms with Gasteiger partial charge in [0.25, 0.3) is 0 Å². The lowest BCUT2D eigenvalue weighted by atomic mass is 10.1. The number of benzene rings is 1. The van der Waals surface area contributed by atoms with Gasteiger partial charge in [0.1, 0.15) is 16.3 Å². The first-order valence-electron chi connectivity index (χ1n) is 11.3. The molecule has 15 heteroatoms. The summed E-state index contributed by atoms with van der Waals surface area (Å²) < 4.78 is 44.5. The number of primary sulfonamides is 1. The van der Waals surface area contributed by atoms with E-state index < -0.39 is 45.0 Å². The van der Waals surface area contributed by atoms with E-state index in [4.69, 9.17) is 35.4 Å². The van der Waals surface area contributed by atoms with Gasteiger partial charge < -0.3 is 34.2 Å². The van der Waals surface area contributed by atoms with Gasteiger partial charge in [-0.25, -0.2) is 27.9 Å². The topological polar surface area (TPSA) is 180 Å². The first-order valence-corrected chi connectivity index (χ1v) is 13.2. The summed E-state index contributed by atoms with van der Waals surface area (Å²) in [5, 5.41) is 10.4. The molecular formula is C23H31ClN4O9S. The van der Waals surface area contributed by atoms with Crippen LogP contribution in [0.25, 0.3) is 0 Å². The first kappa shape index (κ1) is 30.7. The molecule has 38 heavy (non-hydrogen) atoms. The standard InChI is InChI=1S/C23H31ClN4O9S/c1-14(36-22(31)28(5)9-8-26-21(30)37-23(2,3)4)35-20(29)16-11-19(38(25,32)33)17(24)12-18(16)27-13-15-7-6-10-34-15/h6-7,10-12,14,27H,8-9,13H2,1-5H3,(H,26,30)(H2,25,32,33). The summed E-state index contributed by atoms with van der Waals surface area (Å²) in [6, 6.07) is 5.53. The third-order valence-corrected chi connectivity index (χ3v) is 5.97. The molecule has 0 radical (unpaired) electrons. The number of sulfonamides is 1. The number of esters is 1. The molecule has 2 aromatic rings. The summed E-state index contributed by atoms with van der Waals surface area (Å²) in [5.74, 6) is -0.481. The van der Waals surface area contributed by atoms with Crippen molar-refractivity contribution >= 4 is 45.5 Å². The highest BCUT2D eigenvalue weighted by molar-refractivity contribution is 7.89. The highest BCUT2D eigenvalue weighted by atomic mass is 35.5. The van der Waals surface area contributed by atoms with Crippen LogP contribution in [0.3, 0.4) is 0 Å². The SMILES string of the molecule is CC(OC(=O)c1cc(S(N)(=O)=O)c(Cl)cc1NCc1ccco1)OC(=O)N(C)CCNC(=O)OC(C)(C)C. The van der Waals surface area contributed by atoms with Crippen molar-refractivity contribution in [2.24, 2.45) is 5.14 Å². The van der Waals surface area contributed by atoms with Crippen LogP contribution in [0.4, 0.5) is 15.3 Å². The summed E-state index contributed by atoms with van der Waals surface area (Å²) in [6.07, 6.45) is -1.37. The van der Waals surface area contributed by atoms with Crippen LogP contribution >= 0.6 is 11.6 Å². The first-order chi connectivity index (χ1) is 17.6. The van der Waals surface area contributed by atoms with Crippen molar-refractivity contribution in [2.45, 2.75) is 51.0 Å². The van der Waals surface area contributed by atoms with Gasteiger partial charge in [0, 0.05) is 27.1 Å². The number of anilines is 1. The van der Waals surface area contributed by atoms with Gasteiger partial charge in [0.2, 0.25) is 16.3 Å². The second-order valence-electron chi connectivity index (χ2n) is 9.01. The number of amides is 2. The Balaban J connectivity index is 2.04. The van der Waals surface area contributed by atoms with Gasteiger partial charge in [0.15, 0.2) is 0 Å². The molecule has 1 aromatic carbocycles. The molecule has 0 spiro atoms. The molecule has 0 aliphatic rings. The molecule has 4 N–H and O–H groups in total. The smallest absolute Gasteiger partial charge is 0.412 e.